The molecule has 1 aromatic rings. The Morgan fingerprint density at radius 2 is 1.95 bits per heavy atom. The highest BCUT2D eigenvalue weighted by Gasteiger charge is 2.26. The number of rotatable bonds is 6. The molecular formula is C18H28N2O2. The van der Waals surface area contributed by atoms with Crippen molar-refractivity contribution in [3.05, 3.63) is 35.9 Å². The van der Waals surface area contributed by atoms with Gasteiger partial charge in [-0.1, -0.05) is 37.3 Å². The molecular weight excluding hydrogens is 276 g/mol. The zero-order valence-electron chi connectivity index (χ0n) is 13.5. The van der Waals surface area contributed by atoms with Crippen molar-refractivity contribution >= 4 is 0 Å². The average Bonchev–Trinajstić information content (AvgIpc) is 3.04. The highest BCUT2D eigenvalue weighted by molar-refractivity contribution is 5.14. The van der Waals surface area contributed by atoms with Gasteiger partial charge in [-0.2, -0.15) is 0 Å². The van der Waals surface area contributed by atoms with Crippen LogP contribution in [0.5, 0.6) is 0 Å². The van der Waals surface area contributed by atoms with Crippen LogP contribution in [0.3, 0.4) is 0 Å². The van der Waals surface area contributed by atoms with Crippen LogP contribution in [-0.2, 0) is 16.0 Å². The van der Waals surface area contributed by atoms with E-state index >= 15 is 0 Å². The van der Waals surface area contributed by atoms with Gasteiger partial charge in [0.2, 0.25) is 0 Å². The normalized spacial score (nSPS) is 27.3. The van der Waals surface area contributed by atoms with Gasteiger partial charge in [-0.25, -0.2) is 0 Å². The number of ether oxygens (including phenoxy) is 2. The second-order valence-corrected chi connectivity index (χ2v) is 6.51. The molecule has 0 unspecified atom stereocenters. The zero-order valence-corrected chi connectivity index (χ0v) is 13.5. The summed E-state index contributed by atoms with van der Waals surface area (Å²) in [5.74, 6) is 0.683. The number of piperidine rings is 1. The summed E-state index contributed by atoms with van der Waals surface area (Å²) in [5.41, 5.74) is 1.41. The van der Waals surface area contributed by atoms with Crippen LogP contribution in [0.1, 0.15) is 25.3 Å². The molecule has 0 radical (unpaired) electrons. The molecule has 0 saturated carbocycles. The Labute approximate surface area is 133 Å². The maximum absolute atomic E-state index is 5.48. The largest absolute Gasteiger partial charge is 0.350 e. The average molecular weight is 304 g/mol. The lowest BCUT2D eigenvalue weighted by Crippen LogP contribution is -2.48. The molecule has 2 fully saturated rings. The van der Waals surface area contributed by atoms with Crippen LogP contribution in [0, 0.1) is 5.92 Å². The Bertz CT molecular complexity index is 434. The minimum atomic E-state index is 0.0148. The van der Waals surface area contributed by atoms with Crippen molar-refractivity contribution < 1.29 is 9.47 Å². The summed E-state index contributed by atoms with van der Waals surface area (Å²) in [6.45, 7) is 8.26. The first-order chi connectivity index (χ1) is 10.8. The summed E-state index contributed by atoms with van der Waals surface area (Å²) in [6, 6.07) is 11.4. The smallest absolute Gasteiger partial charge is 0.159 e. The van der Waals surface area contributed by atoms with Gasteiger partial charge in [-0.3, -0.25) is 4.90 Å². The second kappa shape index (κ2) is 8.06. The Morgan fingerprint density at radius 1 is 1.18 bits per heavy atom. The number of benzene rings is 1. The molecule has 2 aliphatic heterocycles. The van der Waals surface area contributed by atoms with Crippen LogP contribution in [0.2, 0.25) is 0 Å². The van der Waals surface area contributed by atoms with Crippen LogP contribution >= 0.6 is 0 Å². The third-order valence-electron chi connectivity index (χ3n) is 4.72. The van der Waals surface area contributed by atoms with Crippen molar-refractivity contribution in [3.8, 4) is 0 Å². The molecule has 0 bridgehead atoms. The minimum Gasteiger partial charge on any atom is -0.350 e. The van der Waals surface area contributed by atoms with E-state index in [1.807, 2.05) is 0 Å². The van der Waals surface area contributed by atoms with E-state index in [4.69, 9.17) is 9.47 Å². The molecule has 2 saturated heterocycles. The molecule has 1 aromatic carbocycles. The molecule has 0 aromatic heterocycles. The molecule has 0 aliphatic carbocycles. The van der Waals surface area contributed by atoms with Gasteiger partial charge < -0.3 is 14.8 Å². The zero-order chi connectivity index (χ0) is 15.2. The van der Waals surface area contributed by atoms with E-state index in [1.165, 1.54) is 25.1 Å². The second-order valence-electron chi connectivity index (χ2n) is 6.51. The van der Waals surface area contributed by atoms with Crippen molar-refractivity contribution in [1.29, 1.82) is 0 Å². The summed E-state index contributed by atoms with van der Waals surface area (Å²) in [6.07, 6.45) is 2.19. The van der Waals surface area contributed by atoms with Gasteiger partial charge in [0.05, 0.1) is 13.2 Å². The van der Waals surface area contributed by atoms with E-state index < -0.39 is 0 Å². The van der Waals surface area contributed by atoms with Crippen molar-refractivity contribution in [2.45, 2.75) is 38.6 Å². The maximum Gasteiger partial charge on any atom is 0.159 e. The van der Waals surface area contributed by atoms with E-state index in [1.54, 1.807) is 0 Å². The number of nitrogens with one attached hydrogen (secondary N) is 1. The Kier molecular flexibility index (Phi) is 5.84. The standard InChI is InChI=1S/C18H28N2O2/c1-15-13-20(14-16-5-3-2-4-6-16)10-8-17(15)19-9-7-18-21-11-12-22-18/h2-6,15,17-19H,7-14H2,1H3/t15-,17+/m1/s1. The van der Waals surface area contributed by atoms with Gasteiger partial charge in [0.1, 0.15) is 0 Å². The highest BCUT2D eigenvalue weighted by atomic mass is 16.7. The highest BCUT2D eigenvalue weighted by Crippen LogP contribution is 2.19. The Balaban J connectivity index is 1.38. The fourth-order valence-electron chi connectivity index (χ4n) is 3.48. The third kappa shape index (κ3) is 4.53. The van der Waals surface area contributed by atoms with Crippen molar-refractivity contribution in [3.63, 3.8) is 0 Å². The van der Waals surface area contributed by atoms with Crippen LogP contribution in [-0.4, -0.2) is 50.1 Å². The molecule has 3 rings (SSSR count). The van der Waals surface area contributed by atoms with Gasteiger partial charge in [0, 0.05) is 32.1 Å². The molecule has 4 nitrogen and oxygen atoms in total. The van der Waals surface area contributed by atoms with Gasteiger partial charge in [-0.15, -0.1) is 0 Å². The number of likely N-dealkylation sites (tertiary alicyclic amines) is 1. The summed E-state index contributed by atoms with van der Waals surface area (Å²) in [4.78, 5) is 2.57. The van der Waals surface area contributed by atoms with Gasteiger partial charge in [0.15, 0.2) is 6.29 Å². The molecule has 0 spiro atoms. The van der Waals surface area contributed by atoms with E-state index in [2.05, 4.69) is 47.5 Å². The monoisotopic (exact) mass is 304 g/mol. The van der Waals surface area contributed by atoms with Crippen LogP contribution < -0.4 is 5.32 Å². The molecule has 2 atom stereocenters. The maximum atomic E-state index is 5.48. The fourth-order valence-corrected chi connectivity index (χ4v) is 3.48. The van der Waals surface area contributed by atoms with Crippen LogP contribution in [0.25, 0.3) is 0 Å². The fraction of sp³-hybridized carbons (Fsp3) is 0.667. The molecule has 122 valence electrons. The predicted octanol–water partition coefficient (Wildman–Crippen LogP) is 2.25. The minimum absolute atomic E-state index is 0.0148. The number of hydrogen-bond acceptors (Lipinski definition) is 4. The molecule has 4 heteroatoms. The third-order valence-corrected chi connectivity index (χ3v) is 4.72. The van der Waals surface area contributed by atoms with Crippen LogP contribution in [0.15, 0.2) is 30.3 Å². The molecule has 22 heavy (non-hydrogen) atoms. The molecule has 2 heterocycles. The summed E-state index contributed by atoms with van der Waals surface area (Å²) < 4.78 is 11.0. The Hall–Kier alpha value is -0.940. The first-order valence-electron chi connectivity index (χ1n) is 8.54. The lowest BCUT2D eigenvalue weighted by Gasteiger charge is -2.37. The van der Waals surface area contributed by atoms with E-state index in [9.17, 15) is 0 Å². The predicted molar refractivity (Wildman–Crippen MR) is 87.6 cm³/mol. The summed E-state index contributed by atoms with van der Waals surface area (Å²) >= 11 is 0. The first-order valence-corrected chi connectivity index (χ1v) is 8.54. The summed E-state index contributed by atoms with van der Waals surface area (Å²) in [5, 5.41) is 3.70. The van der Waals surface area contributed by atoms with Crippen molar-refractivity contribution in [2.24, 2.45) is 5.92 Å². The molecule has 0 amide bonds. The van der Waals surface area contributed by atoms with Gasteiger partial charge in [-0.05, 0) is 24.4 Å². The van der Waals surface area contributed by atoms with Crippen molar-refractivity contribution in [2.75, 3.05) is 32.8 Å². The summed E-state index contributed by atoms with van der Waals surface area (Å²) in [7, 11) is 0. The van der Waals surface area contributed by atoms with Crippen molar-refractivity contribution in [1.82, 2.24) is 10.2 Å². The van der Waals surface area contributed by atoms with Gasteiger partial charge >= 0.3 is 0 Å². The first kappa shape index (κ1) is 15.9. The SMILES string of the molecule is C[C@@H]1CN(Cc2ccccc2)CC[C@@H]1NCCC1OCCO1. The quantitative estimate of drug-likeness (QED) is 0.874. The molecule has 2 aliphatic rings. The van der Waals surface area contributed by atoms with Gasteiger partial charge in [0.25, 0.3) is 0 Å². The molecule has 1 N–H and O–H groups in total. The van der Waals surface area contributed by atoms with E-state index in [-0.39, 0.29) is 6.29 Å². The van der Waals surface area contributed by atoms with Crippen LogP contribution in [0.4, 0.5) is 0 Å². The topological polar surface area (TPSA) is 33.7 Å². The lowest BCUT2D eigenvalue weighted by atomic mass is 9.93. The number of nitrogens with zero attached hydrogens (tertiary/aromatic N) is 1. The number of hydrogen-bond donors (Lipinski definition) is 1. The Morgan fingerprint density at radius 3 is 2.68 bits per heavy atom. The van der Waals surface area contributed by atoms with E-state index in [0.717, 1.165) is 32.7 Å². The lowest BCUT2D eigenvalue weighted by molar-refractivity contribution is -0.0468. The van der Waals surface area contributed by atoms with E-state index in [0.29, 0.717) is 12.0 Å².